The molecule has 0 spiro atoms. The molecule has 1 heterocycles. The number of aromatic nitrogens is 4. The van der Waals surface area contributed by atoms with E-state index < -0.39 is 5.25 Å². The fraction of sp³-hybridized carbons (Fsp3) is 0.176. The normalized spacial score (nSPS) is 11.8. The maximum absolute atomic E-state index is 12.5. The van der Waals surface area contributed by atoms with Crippen LogP contribution in [0.4, 0.5) is 5.69 Å². The van der Waals surface area contributed by atoms with Crippen molar-refractivity contribution < 1.29 is 9.53 Å². The summed E-state index contributed by atoms with van der Waals surface area (Å²) in [6, 6.07) is 14.9. The SMILES string of the molecule is COc1ccccc1-n1nnnc1SC(C)C(=O)Nc1cccc(Br)c1. The van der Waals surface area contributed by atoms with E-state index >= 15 is 0 Å². The summed E-state index contributed by atoms with van der Waals surface area (Å²) in [6.07, 6.45) is 0. The Morgan fingerprint density at radius 2 is 2.08 bits per heavy atom. The maximum Gasteiger partial charge on any atom is 0.237 e. The Bertz CT molecular complexity index is 917. The van der Waals surface area contributed by atoms with Gasteiger partial charge in [-0.1, -0.05) is 45.9 Å². The molecule has 1 atom stereocenters. The van der Waals surface area contributed by atoms with Crippen molar-refractivity contribution in [1.82, 2.24) is 20.2 Å². The van der Waals surface area contributed by atoms with E-state index in [9.17, 15) is 4.79 Å². The van der Waals surface area contributed by atoms with E-state index in [0.717, 1.165) is 10.2 Å². The van der Waals surface area contributed by atoms with Crippen LogP contribution in [-0.4, -0.2) is 38.5 Å². The van der Waals surface area contributed by atoms with Crippen LogP contribution in [-0.2, 0) is 4.79 Å². The van der Waals surface area contributed by atoms with Gasteiger partial charge in [-0.2, -0.15) is 4.68 Å². The molecule has 9 heteroatoms. The molecule has 7 nitrogen and oxygen atoms in total. The number of thioether (sulfide) groups is 1. The third-order valence-corrected chi connectivity index (χ3v) is 5.02. The molecule has 0 aliphatic rings. The molecule has 0 saturated carbocycles. The second-order valence-electron chi connectivity index (χ2n) is 5.30. The van der Waals surface area contributed by atoms with Crippen LogP contribution in [0.3, 0.4) is 0 Å². The topological polar surface area (TPSA) is 81.9 Å². The highest BCUT2D eigenvalue weighted by Crippen LogP contribution is 2.28. The van der Waals surface area contributed by atoms with Crippen LogP contribution in [0.5, 0.6) is 5.75 Å². The first-order valence-electron chi connectivity index (χ1n) is 7.73. The number of ether oxygens (including phenoxy) is 1. The second-order valence-corrected chi connectivity index (χ2v) is 7.53. The highest BCUT2D eigenvalue weighted by Gasteiger charge is 2.20. The Hall–Kier alpha value is -2.39. The third-order valence-electron chi connectivity index (χ3n) is 3.50. The number of halogens is 1. The minimum Gasteiger partial charge on any atom is -0.494 e. The van der Waals surface area contributed by atoms with Gasteiger partial charge in [-0.3, -0.25) is 4.79 Å². The van der Waals surface area contributed by atoms with Gasteiger partial charge >= 0.3 is 0 Å². The van der Waals surface area contributed by atoms with Crippen LogP contribution in [0.1, 0.15) is 6.92 Å². The van der Waals surface area contributed by atoms with Crippen LogP contribution in [0.25, 0.3) is 5.69 Å². The number of amides is 1. The van der Waals surface area contributed by atoms with Gasteiger partial charge in [0.15, 0.2) is 0 Å². The number of tetrazole rings is 1. The number of carbonyl (C=O) groups excluding carboxylic acids is 1. The zero-order chi connectivity index (χ0) is 18.5. The Morgan fingerprint density at radius 1 is 1.27 bits per heavy atom. The van der Waals surface area contributed by atoms with E-state index in [4.69, 9.17) is 4.74 Å². The van der Waals surface area contributed by atoms with Gasteiger partial charge in [-0.15, -0.1) is 5.10 Å². The molecule has 0 saturated heterocycles. The molecule has 0 bridgehead atoms. The average molecular weight is 434 g/mol. The van der Waals surface area contributed by atoms with E-state index in [1.54, 1.807) is 18.7 Å². The number of para-hydroxylation sites is 2. The van der Waals surface area contributed by atoms with Gasteiger partial charge < -0.3 is 10.1 Å². The van der Waals surface area contributed by atoms with Crippen molar-refractivity contribution >= 4 is 39.3 Å². The van der Waals surface area contributed by atoms with Gasteiger partial charge in [0, 0.05) is 10.2 Å². The first kappa shape index (κ1) is 18.4. The summed E-state index contributed by atoms with van der Waals surface area (Å²) in [5.41, 5.74) is 1.43. The summed E-state index contributed by atoms with van der Waals surface area (Å²) in [4.78, 5) is 12.5. The Kier molecular flexibility index (Phi) is 5.89. The Morgan fingerprint density at radius 3 is 2.85 bits per heavy atom. The number of carbonyl (C=O) groups is 1. The molecule has 1 aromatic heterocycles. The molecule has 1 unspecified atom stereocenters. The molecular weight excluding hydrogens is 418 g/mol. The van der Waals surface area contributed by atoms with Crippen molar-refractivity contribution in [3.05, 3.63) is 53.0 Å². The van der Waals surface area contributed by atoms with Gasteiger partial charge in [0.25, 0.3) is 0 Å². The van der Waals surface area contributed by atoms with E-state index in [0.29, 0.717) is 16.6 Å². The van der Waals surface area contributed by atoms with Crippen LogP contribution in [0.15, 0.2) is 58.2 Å². The maximum atomic E-state index is 12.5. The number of nitrogens with one attached hydrogen (secondary N) is 1. The lowest BCUT2D eigenvalue weighted by atomic mass is 10.3. The second kappa shape index (κ2) is 8.33. The van der Waals surface area contributed by atoms with Gasteiger partial charge in [0.2, 0.25) is 11.1 Å². The zero-order valence-corrected chi connectivity index (χ0v) is 16.5. The molecule has 1 amide bonds. The molecule has 0 aliphatic carbocycles. The van der Waals surface area contributed by atoms with Crippen LogP contribution in [0.2, 0.25) is 0 Å². The number of anilines is 1. The fourth-order valence-corrected chi connectivity index (χ4v) is 3.43. The van der Waals surface area contributed by atoms with E-state index in [2.05, 4.69) is 36.8 Å². The number of hydrogen-bond acceptors (Lipinski definition) is 6. The smallest absolute Gasteiger partial charge is 0.237 e. The molecule has 1 N–H and O–H groups in total. The van der Waals surface area contributed by atoms with Crippen molar-refractivity contribution in [3.8, 4) is 11.4 Å². The van der Waals surface area contributed by atoms with Gasteiger partial charge in [0.05, 0.1) is 12.4 Å². The average Bonchev–Trinajstić information content (AvgIpc) is 3.09. The molecule has 2 aromatic carbocycles. The van der Waals surface area contributed by atoms with Gasteiger partial charge in [-0.25, -0.2) is 0 Å². The standard InChI is InChI=1S/C17H16BrN5O2S/c1-11(16(24)19-13-7-5-6-12(18)10-13)26-17-20-21-22-23(17)14-8-3-4-9-15(14)25-2/h3-11H,1-2H3,(H,19,24). The minimum absolute atomic E-state index is 0.136. The molecule has 3 rings (SSSR count). The lowest BCUT2D eigenvalue weighted by Gasteiger charge is -2.13. The molecule has 3 aromatic rings. The van der Waals surface area contributed by atoms with Crippen molar-refractivity contribution in [1.29, 1.82) is 0 Å². The minimum atomic E-state index is -0.395. The lowest BCUT2D eigenvalue weighted by Crippen LogP contribution is -2.23. The van der Waals surface area contributed by atoms with Crippen molar-refractivity contribution in [2.75, 3.05) is 12.4 Å². The fourth-order valence-electron chi connectivity index (χ4n) is 2.23. The monoisotopic (exact) mass is 433 g/mol. The summed E-state index contributed by atoms with van der Waals surface area (Å²) >= 11 is 4.66. The van der Waals surface area contributed by atoms with E-state index in [1.165, 1.54) is 11.8 Å². The van der Waals surface area contributed by atoms with Crippen molar-refractivity contribution in [3.63, 3.8) is 0 Å². The Labute approximate surface area is 163 Å². The van der Waals surface area contributed by atoms with E-state index in [1.807, 2.05) is 48.5 Å². The Balaban J connectivity index is 1.75. The summed E-state index contributed by atoms with van der Waals surface area (Å²) in [5, 5.41) is 14.8. The van der Waals surface area contributed by atoms with E-state index in [-0.39, 0.29) is 5.91 Å². The number of rotatable bonds is 6. The number of benzene rings is 2. The zero-order valence-electron chi connectivity index (χ0n) is 14.1. The highest BCUT2D eigenvalue weighted by atomic mass is 79.9. The summed E-state index contributed by atoms with van der Waals surface area (Å²) < 4.78 is 7.82. The molecule has 0 fully saturated rings. The number of nitrogens with zero attached hydrogens (tertiary/aromatic N) is 4. The predicted octanol–water partition coefficient (Wildman–Crippen LogP) is 3.55. The summed E-state index contributed by atoms with van der Waals surface area (Å²) in [5.74, 6) is 0.510. The van der Waals surface area contributed by atoms with Crippen LogP contribution in [0, 0.1) is 0 Å². The first-order chi connectivity index (χ1) is 12.6. The molecule has 134 valence electrons. The quantitative estimate of drug-likeness (QED) is 0.598. The lowest BCUT2D eigenvalue weighted by molar-refractivity contribution is -0.115. The molecule has 0 aliphatic heterocycles. The number of methoxy groups -OCH3 is 1. The van der Waals surface area contributed by atoms with Gasteiger partial charge in [0.1, 0.15) is 11.4 Å². The number of hydrogen-bond donors (Lipinski definition) is 1. The highest BCUT2D eigenvalue weighted by molar-refractivity contribution is 9.10. The largest absolute Gasteiger partial charge is 0.494 e. The van der Waals surface area contributed by atoms with Crippen LogP contribution < -0.4 is 10.1 Å². The van der Waals surface area contributed by atoms with Crippen LogP contribution >= 0.6 is 27.7 Å². The van der Waals surface area contributed by atoms with Crippen molar-refractivity contribution in [2.45, 2.75) is 17.3 Å². The summed E-state index contributed by atoms with van der Waals surface area (Å²) in [6.45, 7) is 1.80. The van der Waals surface area contributed by atoms with Crippen molar-refractivity contribution in [2.24, 2.45) is 0 Å². The molecule has 26 heavy (non-hydrogen) atoms. The first-order valence-corrected chi connectivity index (χ1v) is 9.40. The molecular formula is C17H16BrN5O2S. The van der Waals surface area contributed by atoms with Gasteiger partial charge in [-0.05, 0) is 47.7 Å². The third kappa shape index (κ3) is 4.23. The molecule has 0 radical (unpaired) electrons. The predicted molar refractivity (Wildman–Crippen MR) is 104 cm³/mol. The summed E-state index contributed by atoms with van der Waals surface area (Å²) in [7, 11) is 1.59.